The van der Waals surface area contributed by atoms with Crippen molar-refractivity contribution in [1.82, 2.24) is 19.9 Å². The monoisotopic (exact) mass is 538 g/mol. The molecular formula is C33H38N4O3. The van der Waals surface area contributed by atoms with Crippen molar-refractivity contribution < 1.29 is 14.3 Å². The van der Waals surface area contributed by atoms with Crippen LogP contribution < -0.4 is 0 Å². The molecule has 8 bridgehead atoms. The van der Waals surface area contributed by atoms with E-state index in [0.717, 1.165) is 79.8 Å². The zero-order chi connectivity index (χ0) is 28.7. The summed E-state index contributed by atoms with van der Waals surface area (Å²) in [4.78, 5) is 41.8. The van der Waals surface area contributed by atoms with Crippen molar-refractivity contribution in [3.05, 3.63) is 69.3 Å². The molecule has 2 N–H and O–H groups in total. The van der Waals surface area contributed by atoms with Crippen molar-refractivity contribution in [3.8, 4) is 0 Å². The zero-order valence-electron chi connectivity index (χ0n) is 24.5. The maximum Gasteiger partial charge on any atom is 0.305 e. The van der Waals surface area contributed by atoms with E-state index in [1.807, 2.05) is 19.9 Å². The number of aromatic amines is 2. The molecule has 2 aliphatic rings. The van der Waals surface area contributed by atoms with Gasteiger partial charge in [0.2, 0.25) is 0 Å². The van der Waals surface area contributed by atoms with Gasteiger partial charge in [-0.15, -0.1) is 0 Å². The molecule has 0 saturated carbocycles. The highest BCUT2D eigenvalue weighted by Crippen LogP contribution is 2.42. The van der Waals surface area contributed by atoms with Gasteiger partial charge in [-0.05, 0) is 99.6 Å². The van der Waals surface area contributed by atoms with Crippen molar-refractivity contribution in [2.45, 2.75) is 79.6 Å². The first kappa shape index (κ1) is 27.6. The first-order chi connectivity index (χ1) is 19.2. The van der Waals surface area contributed by atoms with Crippen LogP contribution in [-0.4, -0.2) is 38.8 Å². The summed E-state index contributed by atoms with van der Waals surface area (Å²) in [5.41, 5.74) is 13.4. The van der Waals surface area contributed by atoms with Crippen LogP contribution in [0.3, 0.4) is 0 Å². The largest absolute Gasteiger partial charge is 0.466 e. The van der Waals surface area contributed by atoms with Gasteiger partial charge in [-0.25, -0.2) is 4.98 Å². The fourth-order valence-electron chi connectivity index (χ4n) is 6.07. The second-order valence-electron chi connectivity index (χ2n) is 10.9. The van der Waals surface area contributed by atoms with Crippen LogP contribution >= 0.6 is 0 Å². The third-order valence-electron chi connectivity index (χ3n) is 8.56. The van der Waals surface area contributed by atoms with E-state index in [1.165, 1.54) is 5.57 Å². The maximum absolute atomic E-state index is 12.3. The molecule has 0 amide bonds. The van der Waals surface area contributed by atoms with Gasteiger partial charge in [0.1, 0.15) is 0 Å². The lowest BCUT2D eigenvalue weighted by Gasteiger charge is -2.16. The van der Waals surface area contributed by atoms with Gasteiger partial charge in [0, 0.05) is 51.8 Å². The number of hydrogen-bond acceptors (Lipinski definition) is 5. The lowest BCUT2D eigenvalue weighted by Crippen LogP contribution is -2.09. The van der Waals surface area contributed by atoms with Gasteiger partial charge in [-0.1, -0.05) is 13.8 Å². The highest BCUT2D eigenvalue weighted by molar-refractivity contribution is 5.96. The molecule has 0 radical (unpaired) electrons. The number of rotatable bonds is 6. The number of aryl methyl sites for hydroxylation is 3. The van der Waals surface area contributed by atoms with Crippen LogP contribution in [0.2, 0.25) is 0 Å². The summed E-state index contributed by atoms with van der Waals surface area (Å²) < 4.78 is 5.23. The van der Waals surface area contributed by atoms with Crippen molar-refractivity contribution >= 4 is 45.5 Å². The summed E-state index contributed by atoms with van der Waals surface area (Å²) in [5.74, 6) is -0.0443. The van der Waals surface area contributed by atoms with E-state index in [2.05, 4.69) is 62.8 Å². The van der Waals surface area contributed by atoms with Crippen LogP contribution in [0, 0.1) is 20.8 Å². The highest BCUT2D eigenvalue weighted by Gasteiger charge is 2.31. The van der Waals surface area contributed by atoms with E-state index in [-0.39, 0.29) is 17.8 Å². The third-order valence-corrected chi connectivity index (χ3v) is 8.56. The lowest BCUT2D eigenvalue weighted by molar-refractivity contribution is -0.143. The molecule has 7 nitrogen and oxygen atoms in total. The minimum atomic E-state index is -0.186. The molecule has 0 unspecified atom stereocenters. The molecular weight excluding hydrogens is 500 g/mol. The molecule has 0 fully saturated rings. The van der Waals surface area contributed by atoms with E-state index in [9.17, 15) is 9.59 Å². The second-order valence-corrected chi connectivity index (χ2v) is 10.9. The lowest BCUT2D eigenvalue weighted by atomic mass is 9.86. The van der Waals surface area contributed by atoms with Gasteiger partial charge in [0.25, 0.3) is 0 Å². The topological polar surface area (TPSA) is 101 Å². The number of esters is 1. The fourth-order valence-corrected chi connectivity index (χ4v) is 6.07. The summed E-state index contributed by atoms with van der Waals surface area (Å²) in [5, 5.41) is 0. The average molecular weight is 539 g/mol. The van der Waals surface area contributed by atoms with Crippen LogP contribution in [0.4, 0.5) is 0 Å². The van der Waals surface area contributed by atoms with Crippen LogP contribution in [0.5, 0.6) is 0 Å². The quantitative estimate of drug-likeness (QED) is 0.248. The molecule has 208 valence electrons. The number of H-pyrrole nitrogens is 2. The maximum atomic E-state index is 12.3. The molecule has 0 aliphatic carbocycles. The molecule has 0 spiro atoms. The Morgan fingerprint density at radius 2 is 1.62 bits per heavy atom. The zero-order valence-corrected chi connectivity index (χ0v) is 24.5. The number of aldehydes is 1. The normalized spacial score (nSPS) is 16.9. The summed E-state index contributed by atoms with van der Waals surface area (Å²) in [7, 11) is 0. The van der Waals surface area contributed by atoms with Gasteiger partial charge in [0.05, 0.1) is 23.5 Å². The van der Waals surface area contributed by atoms with E-state index in [0.29, 0.717) is 25.0 Å². The van der Waals surface area contributed by atoms with Crippen LogP contribution in [-0.2, 0) is 9.53 Å². The fraction of sp³-hybridized carbons (Fsp3) is 0.394. The van der Waals surface area contributed by atoms with Gasteiger partial charge in [-0.2, -0.15) is 0 Å². The third kappa shape index (κ3) is 4.78. The molecule has 0 saturated heterocycles. The standard InChI is InChI=1S/C33H38N4O3/c1-8-22-18(4)28-15-31-24(16-38)20(6)27(36-31)14-29-19(5)23(10-11-32(39)40-9-2)33(37-29)21(7)26-12-17(3)25(34-26)13-30(22)35-28/h12-16,19,23,34,36H,8-11H2,1-7H3/t19-,23-/m0/s1. The molecule has 3 aromatic heterocycles. The van der Waals surface area contributed by atoms with E-state index in [4.69, 9.17) is 14.7 Å². The Morgan fingerprint density at radius 1 is 0.925 bits per heavy atom. The molecule has 5 heterocycles. The number of nitrogens with one attached hydrogen (secondary N) is 2. The van der Waals surface area contributed by atoms with Crippen molar-refractivity contribution in [2.24, 2.45) is 0 Å². The van der Waals surface area contributed by atoms with Gasteiger partial charge in [0.15, 0.2) is 6.29 Å². The summed E-state index contributed by atoms with van der Waals surface area (Å²) in [6.07, 6.45) is 2.75. The number of carbonyl (C=O) groups is 2. The Labute approximate surface area is 235 Å². The highest BCUT2D eigenvalue weighted by atomic mass is 16.5. The predicted octanol–water partition coefficient (Wildman–Crippen LogP) is 7.62. The van der Waals surface area contributed by atoms with Crippen LogP contribution in [0.15, 0.2) is 24.3 Å². The number of carbonyl (C=O) groups excluding carboxylic acids is 2. The molecule has 3 aromatic rings. The first-order valence-electron chi connectivity index (χ1n) is 14.2. The Bertz CT molecular complexity index is 1710. The number of allylic oxidation sites excluding steroid dienone is 2. The smallest absolute Gasteiger partial charge is 0.305 e. The second kappa shape index (κ2) is 10.9. The van der Waals surface area contributed by atoms with Gasteiger partial charge in [-0.3, -0.25) is 14.6 Å². The number of fused-ring (bicyclic) bond motifs is 8. The molecule has 2 atom stereocenters. The average Bonchev–Trinajstić information content (AvgIpc) is 3.62. The van der Waals surface area contributed by atoms with Crippen molar-refractivity contribution in [1.29, 1.82) is 0 Å². The molecule has 5 rings (SSSR count). The summed E-state index contributed by atoms with van der Waals surface area (Å²) in [6.45, 7) is 14.8. The number of nitrogens with zero attached hydrogens (tertiary/aromatic N) is 2. The Kier molecular flexibility index (Phi) is 7.49. The molecule has 7 heteroatoms. The number of hydrogen-bond donors (Lipinski definition) is 2. The summed E-state index contributed by atoms with van der Waals surface area (Å²) in [6, 6.07) is 8.33. The number of aromatic nitrogens is 4. The van der Waals surface area contributed by atoms with E-state index >= 15 is 0 Å². The Balaban J connectivity index is 1.85. The molecule has 0 aromatic carbocycles. The predicted molar refractivity (Wildman–Crippen MR) is 160 cm³/mol. The van der Waals surface area contributed by atoms with Crippen molar-refractivity contribution in [2.75, 3.05) is 6.61 Å². The van der Waals surface area contributed by atoms with Gasteiger partial charge >= 0.3 is 5.97 Å². The first-order valence-corrected chi connectivity index (χ1v) is 14.2. The Hall–Kier alpha value is -4.00. The van der Waals surface area contributed by atoms with Crippen molar-refractivity contribution in [3.63, 3.8) is 0 Å². The molecule has 2 aliphatic heterocycles. The minimum absolute atomic E-state index is 0.0578. The van der Waals surface area contributed by atoms with Crippen LogP contribution in [0.1, 0.15) is 109 Å². The van der Waals surface area contributed by atoms with Gasteiger partial charge < -0.3 is 14.7 Å². The molecule has 40 heavy (non-hydrogen) atoms. The van der Waals surface area contributed by atoms with Crippen LogP contribution in [0.25, 0.3) is 33.2 Å². The Morgan fingerprint density at radius 3 is 2.33 bits per heavy atom. The summed E-state index contributed by atoms with van der Waals surface area (Å²) >= 11 is 0. The SMILES string of the molecule is CCOC(=O)CC[C@@H]1c2nc(cc3[nH]c(cc4nc(cc5[nH]c(cc5C)c2C)C(CC)=C4C)c(C=O)c3C)[C@H]1C. The van der Waals surface area contributed by atoms with E-state index in [1.54, 1.807) is 0 Å². The minimum Gasteiger partial charge on any atom is -0.466 e. The number of ether oxygens (including phenoxy) is 1. The van der Waals surface area contributed by atoms with E-state index < -0.39 is 0 Å².